The monoisotopic (exact) mass is 406 g/mol. The summed E-state index contributed by atoms with van der Waals surface area (Å²) in [6.45, 7) is 3.49. The predicted molar refractivity (Wildman–Crippen MR) is 120 cm³/mol. The van der Waals surface area contributed by atoms with Gasteiger partial charge in [0.15, 0.2) is 0 Å². The van der Waals surface area contributed by atoms with Crippen LogP contribution in [0.4, 0.5) is 0 Å². The lowest BCUT2D eigenvalue weighted by Gasteiger charge is -2.12. The normalized spacial score (nSPS) is 15.8. The summed E-state index contributed by atoms with van der Waals surface area (Å²) >= 11 is 1.91. The molecule has 0 saturated carbocycles. The van der Waals surface area contributed by atoms with Crippen molar-refractivity contribution in [2.45, 2.75) is 25.3 Å². The van der Waals surface area contributed by atoms with Crippen LogP contribution in [0, 0.1) is 6.92 Å². The minimum Gasteiger partial charge on any atom is -0.496 e. The summed E-state index contributed by atoms with van der Waals surface area (Å²) in [4.78, 5) is 4.84. The Kier molecular flexibility index (Phi) is 6.25. The van der Waals surface area contributed by atoms with E-state index in [0.717, 1.165) is 41.0 Å². The molecule has 0 spiro atoms. The van der Waals surface area contributed by atoms with Gasteiger partial charge in [0, 0.05) is 23.3 Å². The molecular formula is C24H26N2O2S. The average Bonchev–Trinajstić information content (AvgIpc) is 3.39. The minimum absolute atomic E-state index is 0.204. The number of methoxy groups -OCH3 is 1. The van der Waals surface area contributed by atoms with Gasteiger partial charge >= 0.3 is 0 Å². The zero-order chi connectivity index (χ0) is 20.1. The Morgan fingerprint density at radius 2 is 1.93 bits per heavy atom. The number of hydrogen-bond acceptors (Lipinski definition) is 4. The summed E-state index contributed by atoms with van der Waals surface area (Å²) in [5.41, 5.74) is 4.81. The van der Waals surface area contributed by atoms with Crippen LogP contribution >= 0.6 is 11.8 Å². The summed E-state index contributed by atoms with van der Waals surface area (Å²) in [5, 5.41) is 0. The molecule has 1 aliphatic heterocycles. The maximum atomic E-state index is 5.95. The van der Waals surface area contributed by atoms with Crippen LogP contribution < -0.4 is 4.74 Å². The van der Waals surface area contributed by atoms with Crippen LogP contribution in [-0.4, -0.2) is 36.0 Å². The van der Waals surface area contributed by atoms with Gasteiger partial charge in [-0.1, -0.05) is 48.0 Å². The molecule has 0 fully saturated rings. The molecule has 1 aromatic heterocycles. The Morgan fingerprint density at radius 3 is 2.76 bits per heavy atom. The molecule has 150 valence electrons. The standard InChI is InChI=1S/C24H26N2O2S/c1-18-9-11-19(12-10-18)16-29-17-21-15-28-24(25-21)22-7-5-13-26(22)14-20-6-3-4-8-23(20)27-2/h3-13,21H,14-17H2,1-2H3/t21-/m1/s1. The van der Waals surface area contributed by atoms with E-state index >= 15 is 0 Å². The molecule has 0 saturated heterocycles. The molecule has 0 unspecified atom stereocenters. The zero-order valence-corrected chi connectivity index (χ0v) is 17.7. The van der Waals surface area contributed by atoms with E-state index in [1.807, 2.05) is 36.0 Å². The van der Waals surface area contributed by atoms with Crippen molar-refractivity contribution in [1.29, 1.82) is 0 Å². The van der Waals surface area contributed by atoms with Crippen LogP contribution in [0.15, 0.2) is 71.9 Å². The fourth-order valence-corrected chi connectivity index (χ4v) is 4.39. The largest absolute Gasteiger partial charge is 0.496 e. The SMILES string of the molecule is COc1ccccc1Cn1cccc1C1=N[C@@H](CSCc2ccc(C)cc2)CO1. The van der Waals surface area contributed by atoms with Crippen molar-refractivity contribution in [3.05, 3.63) is 89.2 Å². The molecule has 2 aromatic carbocycles. The number of ether oxygens (including phenoxy) is 2. The van der Waals surface area contributed by atoms with Crippen molar-refractivity contribution >= 4 is 17.7 Å². The predicted octanol–water partition coefficient (Wildman–Crippen LogP) is 4.93. The minimum atomic E-state index is 0.204. The summed E-state index contributed by atoms with van der Waals surface area (Å²) < 4.78 is 13.6. The molecule has 1 atom stereocenters. The lowest BCUT2D eigenvalue weighted by atomic mass is 10.2. The molecular weight excluding hydrogens is 380 g/mol. The highest BCUT2D eigenvalue weighted by atomic mass is 32.2. The van der Waals surface area contributed by atoms with Gasteiger partial charge in [0.25, 0.3) is 0 Å². The van der Waals surface area contributed by atoms with E-state index in [9.17, 15) is 0 Å². The lowest BCUT2D eigenvalue weighted by molar-refractivity contribution is 0.323. The van der Waals surface area contributed by atoms with Gasteiger partial charge in [0.2, 0.25) is 5.90 Å². The van der Waals surface area contributed by atoms with Gasteiger partial charge in [-0.3, -0.25) is 0 Å². The molecule has 0 amide bonds. The molecule has 4 rings (SSSR count). The lowest BCUT2D eigenvalue weighted by Crippen LogP contribution is -2.11. The highest BCUT2D eigenvalue weighted by Gasteiger charge is 2.22. The van der Waals surface area contributed by atoms with Gasteiger partial charge in [0.05, 0.1) is 19.7 Å². The van der Waals surface area contributed by atoms with Crippen LogP contribution in [0.25, 0.3) is 0 Å². The van der Waals surface area contributed by atoms with E-state index in [0.29, 0.717) is 6.61 Å². The average molecular weight is 407 g/mol. The van der Waals surface area contributed by atoms with E-state index in [1.165, 1.54) is 11.1 Å². The van der Waals surface area contributed by atoms with Crippen molar-refractivity contribution in [1.82, 2.24) is 4.57 Å². The van der Waals surface area contributed by atoms with E-state index in [-0.39, 0.29) is 6.04 Å². The van der Waals surface area contributed by atoms with E-state index in [2.05, 4.69) is 54.1 Å². The van der Waals surface area contributed by atoms with E-state index in [1.54, 1.807) is 7.11 Å². The molecule has 0 radical (unpaired) electrons. The summed E-state index contributed by atoms with van der Waals surface area (Å²) in [5.74, 6) is 3.61. The molecule has 4 nitrogen and oxygen atoms in total. The van der Waals surface area contributed by atoms with Gasteiger partial charge < -0.3 is 14.0 Å². The van der Waals surface area contributed by atoms with Crippen molar-refractivity contribution < 1.29 is 9.47 Å². The van der Waals surface area contributed by atoms with Gasteiger partial charge in [0.1, 0.15) is 18.1 Å². The maximum Gasteiger partial charge on any atom is 0.233 e. The highest BCUT2D eigenvalue weighted by molar-refractivity contribution is 7.98. The van der Waals surface area contributed by atoms with Gasteiger partial charge in [-0.2, -0.15) is 11.8 Å². The summed E-state index contributed by atoms with van der Waals surface area (Å²) in [6.07, 6.45) is 2.06. The Bertz CT molecular complexity index is 979. The van der Waals surface area contributed by atoms with Crippen LogP contribution in [0.3, 0.4) is 0 Å². The second kappa shape index (κ2) is 9.23. The van der Waals surface area contributed by atoms with Crippen molar-refractivity contribution in [2.24, 2.45) is 4.99 Å². The number of benzene rings is 2. The van der Waals surface area contributed by atoms with Crippen LogP contribution in [0.5, 0.6) is 5.75 Å². The number of thioether (sulfide) groups is 1. The Labute approximate surface area is 176 Å². The molecule has 3 aromatic rings. The molecule has 29 heavy (non-hydrogen) atoms. The molecule has 0 N–H and O–H groups in total. The van der Waals surface area contributed by atoms with Crippen molar-refractivity contribution in [3.63, 3.8) is 0 Å². The number of aromatic nitrogens is 1. The summed E-state index contributed by atoms with van der Waals surface area (Å²) in [7, 11) is 1.71. The van der Waals surface area contributed by atoms with E-state index < -0.39 is 0 Å². The Balaban J connectivity index is 1.38. The second-order valence-electron chi connectivity index (χ2n) is 7.23. The second-order valence-corrected chi connectivity index (χ2v) is 8.26. The highest BCUT2D eigenvalue weighted by Crippen LogP contribution is 2.22. The Morgan fingerprint density at radius 1 is 1.10 bits per heavy atom. The fourth-order valence-electron chi connectivity index (χ4n) is 3.40. The van der Waals surface area contributed by atoms with Crippen molar-refractivity contribution in [3.8, 4) is 5.75 Å². The molecule has 0 bridgehead atoms. The first-order valence-corrected chi connectivity index (χ1v) is 11.0. The smallest absolute Gasteiger partial charge is 0.233 e. The maximum absolute atomic E-state index is 5.95. The topological polar surface area (TPSA) is 35.8 Å². The first kappa shape index (κ1) is 19.6. The van der Waals surface area contributed by atoms with Gasteiger partial charge in [-0.05, 0) is 30.7 Å². The fraction of sp³-hybridized carbons (Fsp3) is 0.292. The third-order valence-electron chi connectivity index (χ3n) is 4.99. The first-order chi connectivity index (χ1) is 14.2. The molecule has 0 aliphatic carbocycles. The number of hydrogen-bond donors (Lipinski definition) is 0. The van der Waals surface area contributed by atoms with Gasteiger partial charge in [-0.15, -0.1) is 0 Å². The van der Waals surface area contributed by atoms with Crippen LogP contribution in [0.1, 0.15) is 22.4 Å². The third kappa shape index (κ3) is 4.85. The molecule has 1 aliphatic rings. The number of para-hydroxylation sites is 1. The quantitative estimate of drug-likeness (QED) is 0.532. The Hall–Kier alpha value is -2.66. The zero-order valence-electron chi connectivity index (χ0n) is 16.9. The first-order valence-electron chi connectivity index (χ1n) is 9.84. The van der Waals surface area contributed by atoms with E-state index in [4.69, 9.17) is 14.5 Å². The number of rotatable bonds is 8. The number of nitrogens with zero attached hydrogens (tertiary/aromatic N) is 2. The number of aliphatic imine (C=N–C) groups is 1. The van der Waals surface area contributed by atoms with Gasteiger partial charge in [-0.25, -0.2) is 4.99 Å². The number of aryl methyl sites for hydroxylation is 1. The third-order valence-corrected chi connectivity index (χ3v) is 6.15. The molecule has 5 heteroatoms. The summed E-state index contributed by atoms with van der Waals surface area (Å²) in [6, 6.07) is 21.1. The van der Waals surface area contributed by atoms with Crippen LogP contribution in [-0.2, 0) is 17.0 Å². The molecule has 2 heterocycles. The van der Waals surface area contributed by atoms with Crippen molar-refractivity contribution in [2.75, 3.05) is 19.5 Å². The van der Waals surface area contributed by atoms with Crippen LogP contribution in [0.2, 0.25) is 0 Å².